The molecule has 0 spiro atoms. The number of unbranched alkanes of at least 4 members (excludes halogenated alkanes) is 12. The summed E-state index contributed by atoms with van der Waals surface area (Å²) < 4.78 is 10.2. The van der Waals surface area contributed by atoms with Crippen LogP contribution in [0.4, 0.5) is 0 Å². The van der Waals surface area contributed by atoms with Crippen LogP contribution >= 0.6 is 0 Å². The number of esters is 2. The van der Waals surface area contributed by atoms with Crippen molar-refractivity contribution < 1.29 is 34.4 Å². The summed E-state index contributed by atoms with van der Waals surface area (Å²) in [6.07, 6.45) is 40.3. The minimum absolute atomic E-state index is 0.169. The van der Waals surface area contributed by atoms with Crippen molar-refractivity contribution in [3.05, 3.63) is 72.9 Å². The molecule has 0 unspecified atom stereocenters. The number of allylic oxidation sites excluding steroid dienone is 8. The highest BCUT2D eigenvalue weighted by molar-refractivity contribution is 5.70. The molecule has 0 saturated heterocycles. The van der Waals surface area contributed by atoms with Gasteiger partial charge in [0.05, 0.1) is 12.2 Å². The maximum absolute atomic E-state index is 11.9. The van der Waals surface area contributed by atoms with Gasteiger partial charge in [-0.3, -0.25) is 9.59 Å². The lowest BCUT2D eigenvalue weighted by Gasteiger charge is -2.12. The molecule has 0 rings (SSSR count). The fraction of sp³-hybridized carbons (Fsp3) is 0.659. The first kappa shape index (κ1) is 45.3. The Morgan fingerprint density at radius 1 is 0.542 bits per heavy atom. The zero-order valence-electron chi connectivity index (χ0n) is 30.2. The van der Waals surface area contributed by atoms with E-state index in [4.69, 9.17) is 9.47 Å². The molecule has 0 aliphatic rings. The zero-order chi connectivity index (χ0) is 35.3. The van der Waals surface area contributed by atoms with Crippen LogP contribution in [0.25, 0.3) is 0 Å². The minimum Gasteiger partial charge on any atom is -0.463 e. The number of rotatable bonds is 32. The van der Waals surface area contributed by atoms with Crippen LogP contribution in [0.1, 0.15) is 142 Å². The van der Waals surface area contributed by atoms with Gasteiger partial charge in [0.1, 0.15) is 19.3 Å². The lowest BCUT2D eigenvalue weighted by atomic mass is 10.0. The van der Waals surface area contributed by atoms with Crippen molar-refractivity contribution in [2.45, 2.75) is 161 Å². The molecule has 0 bridgehead atoms. The summed E-state index contributed by atoms with van der Waals surface area (Å²) >= 11 is 0. The maximum atomic E-state index is 11.9. The van der Waals surface area contributed by atoms with Gasteiger partial charge in [0.15, 0.2) is 0 Å². The van der Waals surface area contributed by atoms with E-state index in [0.717, 1.165) is 25.7 Å². The lowest BCUT2D eigenvalue weighted by molar-refractivity contribution is -0.152. The smallest absolute Gasteiger partial charge is 0.306 e. The molecule has 0 aliphatic carbocycles. The summed E-state index contributed by atoms with van der Waals surface area (Å²) in [7, 11) is 0. The van der Waals surface area contributed by atoms with Gasteiger partial charge in [0.25, 0.3) is 0 Å². The molecule has 7 nitrogen and oxygen atoms in total. The van der Waals surface area contributed by atoms with Crippen LogP contribution in [0, 0.1) is 0 Å². The van der Waals surface area contributed by atoms with Crippen molar-refractivity contribution in [2.75, 3.05) is 13.2 Å². The maximum Gasteiger partial charge on any atom is 0.306 e. The van der Waals surface area contributed by atoms with E-state index >= 15 is 0 Å². The van der Waals surface area contributed by atoms with Gasteiger partial charge in [0.2, 0.25) is 0 Å². The Morgan fingerprint density at radius 2 is 1.00 bits per heavy atom. The van der Waals surface area contributed by atoms with Gasteiger partial charge >= 0.3 is 11.9 Å². The van der Waals surface area contributed by atoms with Crippen molar-refractivity contribution in [1.29, 1.82) is 0 Å². The molecular formula is C41H68O7. The molecule has 0 aliphatic heterocycles. The average Bonchev–Trinajstić information content (AvgIpc) is 3.07. The normalized spacial score (nSPS) is 14.4. The van der Waals surface area contributed by atoms with Gasteiger partial charge in [-0.25, -0.2) is 0 Å². The van der Waals surface area contributed by atoms with Gasteiger partial charge in [-0.1, -0.05) is 164 Å². The van der Waals surface area contributed by atoms with Gasteiger partial charge in [-0.15, -0.1) is 0 Å². The predicted molar refractivity (Wildman–Crippen MR) is 198 cm³/mol. The van der Waals surface area contributed by atoms with Gasteiger partial charge in [-0.05, 0) is 38.5 Å². The molecule has 3 N–H and O–H groups in total. The van der Waals surface area contributed by atoms with E-state index in [1.165, 1.54) is 64.2 Å². The Kier molecular flexibility index (Phi) is 33.5. The third-order valence-corrected chi connectivity index (χ3v) is 7.64. The highest BCUT2D eigenvalue weighted by Gasteiger charge is 2.11. The van der Waals surface area contributed by atoms with Crippen molar-refractivity contribution >= 4 is 11.9 Å². The van der Waals surface area contributed by atoms with E-state index in [1.807, 2.05) is 48.6 Å². The third-order valence-electron chi connectivity index (χ3n) is 7.64. The van der Waals surface area contributed by atoms with Crippen LogP contribution in [0.5, 0.6) is 0 Å². The van der Waals surface area contributed by atoms with Crippen molar-refractivity contribution in [1.82, 2.24) is 0 Å². The summed E-state index contributed by atoms with van der Waals surface area (Å²) in [5, 5.41) is 29.8. The number of carbonyl (C=O) groups is 2. The molecule has 0 radical (unpaired) electrons. The second-order valence-corrected chi connectivity index (χ2v) is 12.4. The van der Waals surface area contributed by atoms with E-state index in [0.29, 0.717) is 32.1 Å². The van der Waals surface area contributed by atoms with Crippen LogP contribution in [-0.4, -0.2) is 58.8 Å². The third kappa shape index (κ3) is 34.6. The molecule has 7 heteroatoms. The Balaban J connectivity index is 3.74. The van der Waals surface area contributed by atoms with Gasteiger partial charge < -0.3 is 24.8 Å². The molecule has 274 valence electrons. The second kappa shape index (κ2) is 35.6. The Labute approximate surface area is 292 Å². The molecule has 0 saturated carbocycles. The van der Waals surface area contributed by atoms with E-state index < -0.39 is 24.3 Å². The average molecular weight is 673 g/mol. The molecule has 48 heavy (non-hydrogen) atoms. The SMILES string of the molecule is CC/C=C\C[C@@H](O)/C=C/C=C\C=C\[C@@H](O)C/C=C\C/C=C\CCC(=O)OC[C@@H](O)COC(=O)CCCCCCCCCCCCCCC. The molecule has 0 fully saturated rings. The van der Waals surface area contributed by atoms with Gasteiger partial charge in [0, 0.05) is 12.8 Å². The fourth-order valence-corrected chi connectivity index (χ4v) is 4.76. The molecule has 0 aromatic rings. The Morgan fingerprint density at radius 3 is 1.52 bits per heavy atom. The highest BCUT2D eigenvalue weighted by atomic mass is 16.6. The van der Waals surface area contributed by atoms with Crippen LogP contribution in [0.2, 0.25) is 0 Å². The summed E-state index contributed by atoms with van der Waals surface area (Å²) in [6.45, 7) is 3.94. The van der Waals surface area contributed by atoms with Crippen LogP contribution in [0.15, 0.2) is 72.9 Å². The van der Waals surface area contributed by atoms with Crippen molar-refractivity contribution in [3.8, 4) is 0 Å². The second-order valence-electron chi connectivity index (χ2n) is 12.4. The first-order valence-corrected chi connectivity index (χ1v) is 18.7. The Hall–Kier alpha value is -2.74. The molecular weight excluding hydrogens is 604 g/mol. The number of ether oxygens (including phenoxy) is 2. The lowest BCUT2D eigenvalue weighted by Crippen LogP contribution is -2.25. The van der Waals surface area contributed by atoms with E-state index in [1.54, 1.807) is 24.3 Å². The number of carbonyl (C=O) groups excluding carboxylic acids is 2. The van der Waals surface area contributed by atoms with Crippen LogP contribution in [-0.2, 0) is 19.1 Å². The van der Waals surface area contributed by atoms with Crippen LogP contribution < -0.4 is 0 Å². The molecule has 0 heterocycles. The van der Waals surface area contributed by atoms with Gasteiger partial charge in [-0.2, -0.15) is 0 Å². The summed E-state index contributed by atoms with van der Waals surface area (Å²) in [5.74, 6) is -0.731. The van der Waals surface area contributed by atoms with Crippen molar-refractivity contribution in [3.63, 3.8) is 0 Å². The van der Waals surface area contributed by atoms with Crippen LogP contribution in [0.3, 0.4) is 0 Å². The topological polar surface area (TPSA) is 113 Å². The first-order chi connectivity index (χ1) is 23.4. The summed E-state index contributed by atoms with van der Waals surface area (Å²) in [4.78, 5) is 23.9. The number of aliphatic hydroxyl groups is 3. The minimum atomic E-state index is -1.03. The number of aliphatic hydroxyl groups excluding tert-OH is 3. The quantitative estimate of drug-likeness (QED) is 0.0282. The van der Waals surface area contributed by atoms with E-state index in [-0.39, 0.29) is 25.6 Å². The summed E-state index contributed by atoms with van der Waals surface area (Å²) in [5.41, 5.74) is 0. The fourth-order valence-electron chi connectivity index (χ4n) is 4.76. The van der Waals surface area contributed by atoms with E-state index in [9.17, 15) is 24.9 Å². The zero-order valence-corrected chi connectivity index (χ0v) is 30.2. The van der Waals surface area contributed by atoms with Crippen molar-refractivity contribution in [2.24, 2.45) is 0 Å². The van der Waals surface area contributed by atoms with E-state index in [2.05, 4.69) is 13.8 Å². The standard InChI is InChI=1S/C41H68O7/c1-3-5-7-8-9-10-11-12-13-14-15-19-27-33-40(45)47-35-39(44)36-48-41(46)34-28-20-17-16-18-24-30-38(43)32-26-22-21-25-31-37(42)29-23-6-4-2/h6,17-18,20-26,31-32,37-39,42-44H,3-5,7-16,19,27-30,33-36H2,1-2H3/b20-17-,22-21-,23-6-,24-18-,31-25+,32-26+/t37-,38+,39+/m1/s1. The Bertz CT molecular complexity index is 931. The molecule has 3 atom stereocenters. The summed E-state index contributed by atoms with van der Waals surface area (Å²) in [6, 6.07) is 0. The molecule has 0 aromatic carbocycles. The monoisotopic (exact) mass is 672 g/mol. The number of hydrogen-bond donors (Lipinski definition) is 3. The largest absolute Gasteiger partial charge is 0.463 e. The molecule has 0 amide bonds. The highest BCUT2D eigenvalue weighted by Crippen LogP contribution is 2.13. The molecule has 0 aromatic heterocycles. The first-order valence-electron chi connectivity index (χ1n) is 18.7. The number of hydrogen-bond acceptors (Lipinski definition) is 7. The predicted octanol–water partition coefficient (Wildman–Crippen LogP) is 9.33.